The Labute approximate surface area is 155 Å². The molecule has 26 heavy (non-hydrogen) atoms. The molecule has 2 aromatic rings. The lowest BCUT2D eigenvalue weighted by Crippen LogP contribution is -2.40. The second-order valence-electron chi connectivity index (χ2n) is 7.02. The van der Waals surface area contributed by atoms with E-state index in [1.165, 1.54) is 0 Å². The van der Waals surface area contributed by atoms with E-state index in [0.29, 0.717) is 6.54 Å². The quantitative estimate of drug-likeness (QED) is 0.799. The first-order valence-electron chi connectivity index (χ1n) is 9.51. The summed E-state index contributed by atoms with van der Waals surface area (Å²) in [5, 5.41) is 4.28. The van der Waals surface area contributed by atoms with E-state index in [4.69, 9.17) is 4.98 Å². The molecule has 0 bridgehead atoms. The number of aromatic nitrogens is 3. The van der Waals surface area contributed by atoms with Crippen LogP contribution in [0.15, 0.2) is 24.5 Å². The van der Waals surface area contributed by atoms with Crippen LogP contribution in [0, 0.1) is 6.92 Å². The van der Waals surface area contributed by atoms with Gasteiger partial charge in [0.2, 0.25) is 5.91 Å². The molecule has 1 fully saturated rings. The van der Waals surface area contributed by atoms with Gasteiger partial charge in [-0.05, 0) is 57.9 Å². The van der Waals surface area contributed by atoms with E-state index >= 15 is 0 Å². The van der Waals surface area contributed by atoms with E-state index in [1.807, 2.05) is 49.8 Å². The minimum atomic E-state index is 0.210. The van der Waals surface area contributed by atoms with Crippen molar-refractivity contribution in [1.29, 1.82) is 0 Å². The van der Waals surface area contributed by atoms with Crippen LogP contribution in [0.5, 0.6) is 0 Å². The maximum atomic E-state index is 12.5. The smallest absolute Gasteiger partial charge is 0.236 e. The Hall–Kier alpha value is -2.21. The van der Waals surface area contributed by atoms with E-state index in [1.54, 1.807) is 0 Å². The lowest BCUT2D eigenvalue weighted by Gasteiger charge is -2.27. The molecule has 0 unspecified atom stereocenters. The zero-order valence-electron chi connectivity index (χ0n) is 16.3. The Balaban J connectivity index is 1.83. The topological polar surface area (TPSA) is 54.3 Å². The van der Waals surface area contributed by atoms with Crippen LogP contribution in [0.2, 0.25) is 0 Å². The monoisotopic (exact) mass is 355 g/mol. The molecule has 0 saturated carbocycles. The first-order valence-corrected chi connectivity index (χ1v) is 9.51. The number of aryl methyl sites for hydroxylation is 2. The number of nitrogens with zero attached hydrogens (tertiary/aromatic N) is 5. The minimum Gasteiger partial charge on any atom is -0.342 e. The lowest BCUT2D eigenvalue weighted by molar-refractivity contribution is -0.132. The number of carbonyl (C=O) groups excluding carboxylic acids is 1. The van der Waals surface area contributed by atoms with Crippen LogP contribution in [0.1, 0.15) is 44.1 Å². The molecular formula is C20H29N5O. The fraction of sp³-hybridized carbons (Fsp3) is 0.550. The molecule has 6 heteroatoms. The molecule has 1 atom stereocenters. The van der Waals surface area contributed by atoms with Gasteiger partial charge in [-0.3, -0.25) is 19.4 Å². The van der Waals surface area contributed by atoms with Gasteiger partial charge in [0, 0.05) is 37.6 Å². The molecular weight excluding hydrogens is 326 g/mol. The summed E-state index contributed by atoms with van der Waals surface area (Å²) >= 11 is 0. The molecule has 0 aromatic carbocycles. The fourth-order valence-corrected chi connectivity index (χ4v) is 3.80. The third-order valence-electron chi connectivity index (χ3n) is 5.17. The van der Waals surface area contributed by atoms with E-state index in [9.17, 15) is 4.79 Å². The van der Waals surface area contributed by atoms with E-state index in [-0.39, 0.29) is 11.9 Å². The van der Waals surface area contributed by atoms with Gasteiger partial charge in [0.25, 0.3) is 0 Å². The predicted octanol–water partition coefficient (Wildman–Crippen LogP) is 2.80. The number of likely N-dealkylation sites (tertiary alicyclic amines) is 1. The molecule has 0 N–H and O–H groups in total. The predicted molar refractivity (Wildman–Crippen MR) is 103 cm³/mol. The molecule has 0 aliphatic carbocycles. The number of hydrogen-bond donors (Lipinski definition) is 0. The molecule has 1 aliphatic rings. The van der Waals surface area contributed by atoms with Crippen LogP contribution in [0.4, 0.5) is 0 Å². The number of hydrogen-bond acceptors (Lipinski definition) is 4. The van der Waals surface area contributed by atoms with Crippen molar-refractivity contribution in [2.75, 3.05) is 26.2 Å². The van der Waals surface area contributed by atoms with E-state index in [0.717, 1.165) is 55.0 Å². The lowest BCUT2D eigenvalue weighted by atomic mass is 10.0. The van der Waals surface area contributed by atoms with Crippen LogP contribution < -0.4 is 0 Å². The van der Waals surface area contributed by atoms with Crippen molar-refractivity contribution < 1.29 is 4.79 Å². The highest BCUT2D eigenvalue weighted by atomic mass is 16.2. The molecule has 3 heterocycles. The van der Waals surface area contributed by atoms with Crippen molar-refractivity contribution in [3.63, 3.8) is 0 Å². The Kier molecular flexibility index (Phi) is 5.71. The maximum Gasteiger partial charge on any atom is 0.236 e. The summed E-state index contributed by atoms with van der Waals surface area (Å²) in [6.07, 6.45) is 6.06. The van der Waals surface area contributed by atoms with Crippen molar-refractivity contribution in [3.05, 3.63) is 35.9 Å². The Morgan fingerprint density at radius 2 is 2.04 bits per heavy atom. The van der Waals surface area contributed by atoms with Crippen molar-refractivity contribution >= 4 is 5.91 Å². The zero-order chi connectivity index (χ0) is 18.7. The second kappa shape index (κ2) is 7.99. The Morgan fingerprint density at radius 3 is 2.69 bits per heavy atom. The van der Waals surface area contributed by atoms with Crippen molar-refractivity contribution in [2.24, 2.45) is 7.05 Å². The maximum absolute atomic E-state index is 12.5. The van der Waals surface area contributed by atoms with Crippen LogP contribution in [0.25, 0.3) is 11.1 Å². The van der Waals surface area contributed by atoms with Gasteiger partial charge in [-0.2, -0.15) is 5.10 Å². The summed E-state index contributed by atoms with van der Waals surface area (Å²) in [6.45, 7) is 9.06. The van der Waals surface area contributed by atoms with Gasteiger partial charge in [0.05, 0.1) is 24.5 Å². The first kappa shape index (κ1) is 18.6. The Bertz CT molecular complexity index is 765. The van der Waals surface area contributed by atoms with Crippen LogP contribution in [-0.4, -0.2) is 56.7 Å². The van der Waals surface area contributed by atoms with Crippen molar-refractivity contribution in [2.45, 2.75) is 39.7 Å². The zero-order valence-corrected chi connectivity index (χ0v) is 16.3. The molecule has 1 saturated heterocycles. The summed E-state index contributed by atoms with van der Waals surface area (Å²) in [5.74, 6) is 0.210. The SMILES string of the molecule is CCN(CC)C(=O)CN1CCC[C@H]1c1cc(-c2cnn(C)c2)cc(C)n1. The number of pyridine rings is 1. The van der Waals surface area contributed by atoms with E-state index in [2.05, 4.69) is 22.1 Å². The van der Waals surface area contributed by atoms with Gasteiger partial charge < -0.3 is 4.90 Å². The average Bonchev–Trinajstić information content (AvgIpc) is 3.24. The normalized spacial score (nSPS) is 17.6. The number of rotatable bonds is 6. The van der Waals surface area contributed by atoms with Crippen LogP contribution in [-0.2, 0) is 11.8 Å². The Morgan fingerprint density at radius 1 is 1.27 bits per heavy atom. The molecule has 0 spiro atoms. The molecule has 3 rings (SSSR count). The summed E-state index contributed by atoms with van der Waals surface area (Å²) in [5.41, 5.74) is 4.31. The molecule has 2 aromatic heterocycles. The first-order chi connectivity index (χ1) is 12.5. The van der Waals surface area contributed by atoms with Gasteiger partial charge in [0.15, 0.2) is 0 Å². The summed E-state index contributed by atoms with van der Waals surface area (Å²) in [6, 6.07) is 4.47. The van der Waals surface area contributed by atoms with Crippen LogP contribution >= 0.6 is 0 Å². The average molecular weight is 355 g/mol. The van der Waals surface area contributed by atoms with Gasteiger partial charge >= 0.3 is 0 Å². The van der Waals surface area contributed by atoms with Crippen LogP contribution in [0.3, 0.4) is 0 Å². The summed E-state index contributed by atoms with van der Waals surface area (Å²) in [4.78, 5) is 21.5. The minimum absolute atomic E-state index is 0.210. The number of carbonyl (C=O) groups is 1. The molecule has 0 radical (unpaired) electrons. The third kappa shape index (κ3) is 3.96. The van der Waals surface area contributed by atoms with Crippen molar-refractivity contribution in [3.8, 4) is 11.1 Å². The highest BCUT2D eigenvalue weighted by Crippen LogP contribution is 2.33. The molecule has 6 nitrogen and oxygen atoms in total. The number of likely N-dealkylation sites (N-methyl/N-ethyl adjacent to an activating group) is 1. The molecule has 140 valence electrons. The fourth-order valence-electron chi connectivity index (χ4n) is 3.80. The van der Waals surface area contributed by atoms with Gasteiger partial charge in [0.1, 0.15) is 0 Å². The molecule has 1 amide bonds. The van der Waals surface area contributed by atoms with Crippen molar-refractivity contribution in [1.82, 2.24) is 24.6 Å². The largest absolute Gasteiger partial charge is 0.342 e. The standard InChI is InChI=1S/C20H29N5O/c1-5-24(6-2)20(26)14-25-9-7-8-19(25)18-11-16(10-15(3)22-18)17-12-21-23(4)13-17/h10-13,19H,5-9,14H2,1-4H3/t19-/m0/s1. The van der Waals surface area contributed by atoms with Gasteiger partial charge in [-0.25, -0.2) is 0 Å². The van der Waals surface area contributed by atoms with Gasteiger partial charge in [-0.15, -0.1) is 0 Å². The highest BCUT2D eigenvalue weighted by molar-refractivity contribution is 5.78. The summed E-state index contributed by atoms with van der Waals surface area (Å²) in [7, 11) is 1.93. The second-order valence-corrected chi connectivity index (χ2v) is 7.02. The van der Waals surface area contributed by atoms with E-state index < -0.39 is 0 Å². The third-order valence-corrected chi connectivity index (χ3v) is 5.17. The highest BCUT2D eigenvalue weighted by Gasteiger charge is 2.30. The van der Waals surface area contributed by atoms with Gasteiger partial charge in [-0.1, -0.05) is 0 Å². The summed E-state index contributed by atoms with van der Waals surface area (Å²) < 4.78 is 1.81. The molecule has 1 aliphatic heterocycles. The number of amides is 1.